The van der Waals surface area contributed by atoms with Crippen molar-refractivity contribution in [1.82, 2.24) is 30.0 Å². The molecule has 73 heavy (non-hydrogen) atoms. The highest BCUT2D eigenvalue weighted by Gasteiger charge is 2.34. The van der Waals surface area contributed by atoms with Gasteiger partial charge in [0, 0.05) is 68.7 Å². The maximum absolute atomic E-state index is 13.7. The molecule has 0 bridgehead atoms. The lowest BCUT2D eigenvalue weighted by atomic mass is 9.84. The van der Waals surface area contributed by atoms with Gasteiger partial charge in [0.15, 0.2) is 10.8 Å². The summed E-state index contributed by atoms with van der Waals surface area (Å²) in [5.74, 6) is -0.257. The number of carbonyl (C=O) groups is 4. The highest BCUT2D eigenvalue weighted by atomic mass is 32.1. The van der Waals surface area contributed by atoms with Crippen LogP contribution in [0, 0.1) is 12.8 Å². The Morgan fingerprint density at radius 3 is 2.49 bits per heavy atom. The van der Waals surface area contributed by atoms with Crippen LogP contribution in [0.5, 0.6) is 5.75 Å². The Labute approximate surface area is 428 Å². The number of aromatic carboxylic acids is 1. The number of fused-ring (bicyclic) bond motifs is 3. The van der Waals surface area contributed by atoms with Gasteiger partial charge in [-0.2, -0.15) is 5.10 Å². The maximum Gasteiger partial charge on any atom is 0.355 e. The lowest BCUT2D eigenvalue weighted by molar-refractivity contribution is -0.134. The van der Waals surface area contributed by atoms with E-state index in [0.29, 0.717) is 66.4 Å². The van der Waals surface area contributed by atoms with Crippen LogP contribution in [-0.4, -0.2) is 98.3 Å². The number of aromatic nitrogens is 4. The molecule has 1 saturated carbocycles. The van der Waals surface area contributed by atoms with Crippen molar-refractivity contribution in [3.05, 3.63) is 125 Å². The first kappa shape index (κ1) is 48.1. The monoisotopic (exact) mass is 999 g/mol. The lowest BCUT2D eigenvalue weighted by Gasteiger charge is -2.41. The van der Waals surface area contributed by atoms with Crippen LogP contribution in [0.1, 0.15) is 107 Å². The van der Waals surface area contributed by atoms with E-state index in [-0.39, 0.29) is 29.5 Å². The number of aryl methyl sites for hydroxylation is 1. The highest BCUT2D eigenvalue weighted by Crippen LogP contribution is 2.39. The third-order valence-electron chi connectivity index (χ3n) is 15.7. The molecule has 3 aromatic heterocycles. The third-order valence-corrected chi connectivity index (χ3v) is 16.7. The Morgan fingerprint density at radius 2 is 1.68 bits per heavy atom. The van der Waals surface area contributed by atoms with Gasteiger partial charge in [0.05, 0.1) is 39.1 Å². The first-order chi connectivity index (χ1) is 35.4. The molecule has 3 amide bonds. The number of hydrogen-bond donors (Lipinski definition) is 3. The van der Waals surface area contributed by atoms with Gasteiger partial charge in [-0.15, -0.1) is 0 Å². The first-order valence-electron chi connectivity index (χ1n) is 25.8. The standard InChI is InChI=1S/C57H61N9O6S/c1-34-32-65(46-16-7-14-42-51(62-63(3)53(42)46)43-24-26-50(67)60-55(43)69)31-30-64(34)28-9-10-36-19-21-38(22-20-36)72-47-17-8-12-39(35(47)2)40-23-25-49(59-52(40)56(70)71)66-29-27-37-11-6-13-41(44(37)33-66)54(68)61-57-58-45-15-4-5-18-48(45)73-57/h4-8,11-18,23,25,34,36,38,43H,9-10,19-22,24,26-33H2,1-3H3,(H,70,71)(H,58,61,68)(H,60,67,69)/t34-,36?,38?,43?/m1/s1. The predicted octanol–water partition coefficient (Wildman–Crippen LogP) is 9.52. The minimum absolute atomic E-state index is 0.0217. The topological polar surface area (TPSA) is 175 Å². The summed E-state index contributed by atoms with van der Waals surface area (Å²) in [5, 5.41) is 22.4. The molecule has 11 rings (SSSR count). The van der Waals surface area contributed by atoms with E-state index in [1.165, 1.54) is 17.8 Å². The number of pyridine rings is 1. The third kappa shape index (κ3) is 9.77. The molecule has 3 aliphatic heterocycles. The molecule has 16 heteroatoms. The summed E-state index contributed by atoms with van der Waals surface area (Å²) in [6.07, 6.45) is 8.13. The van der Waals surface area contributed by atoms with Gasteiger partial charge in [-0.25, -0.2) is 14.8 Å². The second-order valence-electron chi connectivity index (χ2n) is 20.3. The molecule has 0 radical (unpaired) electrons. The number of benzene rings is 4. The zero-order valence-corrected chi connectivity index (χ0v) is 42.4. The zero-order valence-electron chi connectivity index (χ0n) is 41.6. The molecule has 376 valence electrons. The fourth-order valence-corrected chi connectivity index (χ4v) is 12.6. The maximum atomic E-state index is 13.7. The van der Waals surface area contributed by atoms with Crippen LogP contribution in [0.2, 0.25) is 0 Å². The van der Waals surface area contributed by atoms with E-state index in [1.807, 2.05) is 102 Å². The molecule has 1 aliphatic carbocycles. The number of imide groups is 1. The molecule has 4 aromatic carbocycles. The number of ether oxygens (including phenoxy) is 1. The molecular weight excluding hydrogens is 939 g/mol. The van der Waals surface area contributed by atoms with Gasteiger partial charge >= 0.3 is 5.97 Å². The van der Waals surface area contributed by atoms with Crippen molar-refractivity contribution in [2.24, 2.45) is 13.0 Å². The molecule has 2 atom stereocenters. The molecule has 3 N–H and O–H groups in total. The molecule has 7 aromatic rings. The van der Waals surface area contributed by atoms with Crippen molar-refractivity contribution in [2.45, 2.75) is 96.2 Å². The fraction of sp³-hybridized carbons (Fsp3) is 0.386. The van der Waals surface area contributed by atoms with Gasteiger partial charge in [-0.3, -0.25) is 34.6 Å². The summed E-state index contributed by atoms with van der Waals surface area (Å²) in [7, 11) is 1.94. The molecule has 2 saturated heterocycles. The van der Waals surface area contributed by atoms with Crippen molar-refractivity contribution in [2.75, 3.05) is 47.8 Å². The molecule has 6 heterocycles. The molecule has 1 unspecified atom stereocenters. The van der Waals surface area contributed by atoms with Crippen LogP contribution in [0.3, 0.4) is 0 Å². The van der Waals surface area contributed by atoms with Crippen molar-refractivity contribution >= 4 is 72.8 Å². The second kappa shape index (κ2) is 20.4. The number of carboxylic acids is 1. The summed E-state index contributed by atoms with van der Waals surface area (Å²) in [4.78, 5) is 67.7. The summed E-state index contributed by atoms with van der Waals surface area (Å²) in [6, 6.07) is 29.8. The van der Waals surface area contributed by atoms with Gasteiger partial charge in [0.25, 0.3) is 5.91 Å². The number of carboxylic acid groups (broad SMARTS) is 1. The molecule has 3 fully saturated rings. The van der Waals surface area contributed by atoms with Crippen molar-refractivity contribution < 1.29 is 29.0 Å². The number of carbonyl (C=O) groups excluding carboxylic acids is 3. The number of piperidine rings is 1. The lowest BCUT2D eigenvalue weighted by Crippen LogP contribution is -2.52. The van der Waals surface area contributed by atoms with Crippen LogP contribution in [-0.2, 0) is 29.6 Å². The smallest absolute Gasteiger partial charge is 0.355 e. The average molecular weight is 1000 g/mol. The average Bonchev–Trinajstić information content (AvgIpc) is 3.97. The number of amides is 3. The van der Waals surface area contributed by atoms with Crippen molar-refractivity contribution in [1.29, 1.82) is 0 Å². The van der Waals surface area contributed by atoms with Crippen LogP contribution >= 0.6 is 11.3 Å². The van der Waals surface area contributed by atoms with E-state index in [0.717, 1.165) is 119 Å². The Balaban J connectivity index is 0.679. The summed E-state index contributed by atoms with van der Waals surface area (Å²) >= 11 is 1.44. The normalized spacial score (nSPS) is 20.5. The minimum atomic E-state index is -1.10. The highest BCUT2D eigenvalue weighted by molar-refractivity contribution is 7.22. The number of para-hydroxylation sites is 2. The van der Waals surface area contributed by atoms with E-state index < -0.39 is 11.9 Å². The van der Waals surface area contributed by atoms with Gasteiger partial charge < -0.3 is 19.6 Å². The van der Waals surface area contributed by atoms with E-state index in [4.69, 9.17) is 14.8 Å². The van der Waals surface area contributed by atoms with E-state index >= 15 is 0 Å². The van der Waals surface area contributed by atoms with E-state index in [1.54, 1.807) is 0 Å². The van der Waals surface area contributed by atoms with Gasteiger partial charge in [-0.1, -0.05) is 59.9 Å². The van der Waals surface area contributed by atoms with Gasteiger partial charge in [0.2, 0.25) is 11.8 Å². The Hall–Kier alpha value is -7.17. The van der Waals surface area contributed by atoms with E-state index in [2.05, 4.69) is 44.5 Å². The Kier molecular flexibility index (Phi) is 13.4. The molecule has 0 spiro atoms. The second-order valence-corrected chi connectivity index (χ2v) is 21.3. The number of anilines is 3. The van der Waals surface area contributed by atoms with Gasteiger partial charge in [-0.05, 0) is 142 Å². The predicted molar refractivity (Wildman–Crippen MR) is 285 cm³/mol. The molecule has 15 nitrogen and oxygen atoms in total. The fourth-order valence-electron chi connectivity index (χ4n) is 11.8. The molecular formula is C57H61N9O6S. The van der Waals surface area contributed by atoms with Crippen LogP contribution in [0.25, 0.3) is 32.2 Å². The number of rotatable bonds is 13. The quantitative estimate of drug-likeness (QED) is 0.0935. The Morgan fingerprint density at radius 1 is 0.863 bits per heavy atom. The molecule has 4 aliphatic rings. The van der Waals surface area contributed by atoms with Crippen LogP contribution in [0.15, 0.2) is 91.0 Å². The van der Waals surface area contributed by atoms with Crippen LogP contribution in [0.4, 0.5) is 16.6 Å². The summed E-state index contributed by atoms with van der Waals surface area (Å²) < 4.78 is 9.61. The largest absolute Gasteiger partial charge is 0.490 e. The van der Waals surface area contributed by atoms with E-state index in [9.17, 15) is 24.3 Å². The van der Waals surface area contributed by atoms with Crippen molar-refractivity contribution in [3.8, 4) is 16.9 Å². The van der Waals surface area contributed by atoms with Crippen LogP contribution < -0.4 is 25.2 Å². The van der Waals surface area contributed by atoms with Crippen molar-refractivity contribution in [3.63, 3.8) is 0 Å². The number of piperazine rings is 1. The summed E-state index contributed by atoms with van der Waals surface area (Å²) in [6.45, 7) is 9.23. The Bertz CT molecular complexity index is 3240. The zero-order chi connectivity index (χ0) is 50.3. The first-order valence-corrected chi connectivity index (χ1v) is 26.6. The number of nitrogens with one attached hydrogen (secondary N) is 2. The minimum Gasteiger partial charge on any atom is -0.490 e. The summed E-state index contributed by atoms with van der Waals surface area (Å²) in [5.41, 5.74) is 8.49. The number of hydrogen-bond acceptors (Lipinski definition) is 12. The number of nitrogens with zero attached hydrogens (tertiary/aromatic N) is 7. The van der Waals surface area contributed by atoms with Gasteiger partial charge in [0.1, 0.15) is 11.6 Å². The SMILES string of the molecule is Cc1c(OC2CCC(CCCN3CCN(c4cccc5c(C6CCC(=O)NC6=O)nn(C)c45)C[C@H]3C)CC2)cccc1-c1ccc(N2CCc3cccc(C(=O)Nc4nc5ccccc5s4)c3C2)nc1C(=O)O. The number of thiazole rings is 1.